The minimum Gasteiger partial charge on any atom is -0.506 e. The quantitative estimate of drug-likeness (QED) is 0.145. The van der Waals surface area contributed by atoms with Crippen LogP contribution in [0, 0.1) is 0 Å². The fourth-order valence-electron chi connectivity index (χ4n) is 6.67. The maximum atomic E-state index is 12.1. The van der Waals surface area contributed by atoms with E-state index in [1.807, 2.05) is 50.2 Å². The van der Waals surface area contributed by atoms with Crippen molar-refractivity contribution in [2.24, 2.45) is 0 Å². The number of benzene rings is 2. The molecule has 2 saturated heterocycles. The van der Waals surface area contributed by atoms with Crippen LogP contribution >= 0.6 is 0 Å². The number of aromatic amines is 2. The van der Waals surface area contributed by atoms with Crippen molar-refractivity contribution in [2.45, 2.75) is 65.2 Å². The summed E-state index contributed by atoms with van der Waals surface area (Å²) in [6.07, 6.45) is 8.47. The van der Waals surface area contributed by atoms with Crippen LogP contribution in [0.15, 0.2) is 64.2 Å². The molecule has 11 nitrogen and oxygen atoms in total. The van der Waals surface area contributed by atoms with Gasteiger partial charge in [0.05, 0.1) is 11.4 Å². The Morgan fingerprint density at radius 3 is 1.55 bits per heavy atom. The monoisotopic (exact) mass is 668 g/mol. The third-order valence-corrected chi connectivity index (χ3v) is 9.35. The molecule has 0 amide bonds. The second kappa shape index (κ2) is 15.7. The van der Waals surface area contributed by atoms with Crippen molar-refractivity contribution in [3.05, 3.63) is 97.6 Å². The largest absolute Gasteiger partial charge is 0.506 e. The Bertz CT molecular complexity index is 1900. The second-order valence-electron chi connectivity index (χ2n) is 12.5. The number of aromatic carboxylic acids is 2. The zero-order valence-corrected chi connectivity index (χ0v) is 28.1. The third-order valence-electron chi connectivity index (χ3n) is 9.35. The lowest BCUT2D eigenvalue weighted by Crippen LogP contribution is -2.29. The van der Waals surface area contributed by atoms with Crippen molar-refractivity contribution in [3.63, 3.8) is 0 Å². The van der Waals surface area contributed by atoms with Gasteiger partial charge < -0.3 is 35.1 Å². The number of aromatic nitrogens is 2. The molecule has 2 aromatic heterocycles. The number of carbonyl (C=O) groups is 2. The Hall–Kier alpha value is -5.32. The number of piperidine rings is 2. The number of nitrogens with zero attached hydrogens (tertiary/aromatic N) is 2. The van der Waals surface area contributed by atoms with E-state index in [1.165, 1.54) is 50.3 Å². The number of aromatic hydroxyl groups is 1. The topological polar surface area (TPSA) is 167 Å². The van der Waals surface area contributed by atoms with Gasteiger partial charge in [0.2, 0.25) is 0 Å². The lowest BCUT2D eigenvalue weighted by atomic mass is 10.00. The Balaban J connectivity index is 0.000000191. The summed E-state index contributed by atoms with van der Waals surface area (Å²) in [5, 5.41) is 28.5. The van der Waals surface area contributed by atoms with E-state index < -0.39 is 34.4 Å². The van der Waals surface area contributed by atoms with Gasteiger partial charge in [0.1, 0.15) is 11.3 Å². The molecule has 2 aliphatic rings. The first kappa shape index (κ1) is 35.0. The first-order valence-electron chi connectivity index (χ1n) is 17.0. The van der Waals surface area contributed by atoms with Crippen LogP contribution in [0.3, 0.4) is 0 Å². The van der Waals surface area contributed by atoms with Crippen LogP contribution in [0.1, 0.15) is 84.2 Å². The molecule has 5 N–H and O–H groups in total. The van der Waals surface area contributed by atoms with Crippen molar-refractivity contribution in [3.8, 4) is 28.3 Å². The van der Waals surface area contributed by atoms with Gasteiger partial charge in [0, 0.05) is 43.1 Å². The summed E-state index contributed by atoms with van der Waals surface area (Å²) in [6.45, 7) is 8.03. The fraction of sp³-hybridized carbons (Fsp3) is 0.368. The average molecular weight is 669 g/mol. The summed E-state index contributed by atoms with van der Waals surface area (Å²) in [5.41, 5.74) is 4.26. The number of carboxylic acid groups (broad SMARTS) is 2. The first-order chi connectivity index (χ1) is 23.6. The smallest absolute Gasteiger partial charge is 0.345 e. The summed E-state index contributed by atoms with van der Waals surface area (Å²) in [5.74, 6) is -3.08. The highest BCUT2D eigenvalue weighted by atomic mass is 16.4. The van der Waals surface area contributed by atoms with E-state index in [0.29, 0.717) is 29.8 Å². The van der Waals surface area contributed by atoms with Crippen LogP contribution in [0.4, 0.5) is 11.4 Å². The molecule has 0 saturated carbocycles. The maximum absolute atomic E-state index is 12.1. The van der Waals surface area contributed by atoms with Gasteiger partial charge in [0.25, 0.3) is 11.1 Å². The van der Waals surface area contributed by atoms with E-state index in [9.17, 15) is 24.3 Å². The molecule has 0 bridgehead atoms. The maximum Gasteiger partial charge on any atom is 0.345 e. The molecule has 2 aromatic carbocycles. The molecular formula is C38H44N4O7. The molecule has 0 aliphatic carbocycles. The second-order valence-corrected chi connectivity index (χ2v) is 12.5. The summed E-state index contributed by atoms with van der Waals surface area (Å²) in [4.78, 5) is 56.4. The lowest BCUT2D eigenvalue weighted by molar-refractivity contribution is 0.0682. The Morgan fingerprint density at radius 1 is 0.653 bits per heavy atom. The standard InChI is InChI=1S/C19H22N2O4.C19H22N2O3/c1-2-14-16(20-18(23)15(17(14)22)19(24)25)12-6-8-13(9-7-12)21-10-4-3-5-11-21;1-2-13-12-16(19(23)24)18(22)20-17(13)14-6-8-15(9-7-14)21-10-4-3-5-11-21/h6-9H,2-5,10-11H2,1H3,(H,24,25)(H2,20,22,23);6-9,12H,2-5,10-11H2,1H3,(H,20,22)(H,23,24). The average Bonchev–Trinajstić information content (AvgIpc) is 3.12. The SMILES string of the molecule is CCc1c(-c2ccc(N3CCCCC3)cc2)[nH]c(=O)c(C(=O)O)c1O.CCc1cc(C(=O)O)c(=O)[nH]c1-c1ccc(N2CCCCC2)cc1. The molecule has 4 heterocycles. The molecule has 2 fully saturated rings. The number of aryl methyl sites for hydroxylation is 1. The number of rotatable bonds is 8. The highest BCUT2D eigenvalue weighted by Gasteiger charge is 2.22. The number of hydrogen-bond donors (Lipinski definition) is 5. The number of anilines is 2. The number of hydrogen-bond acceptors (Lipinski definition) is 7. The fourth-order valence-corrected chi connectivity index (χ4v) is 6.67. The van der Waals surface area contributed by atoms with Crippen molar-refractivity contribution in [2.75, 3.05) is 36.0 Å². The van der Waals surface area contributed by atoms with Crippen LogP contribution in [0.2, 0.25) is 0 Å². The van der Waals surface area contributed by atoms with Gasteiger partial charge in [-0.15, -0.1) is 0 Å². The molecule has 0 unspecified atom stereocenters. The summed E-state index contributed by atoms with van der Waals surface area (Å²) < 4.78 is 0. The molecular weight excluding hydrogens is 624 g/mol. The van der Waals surface area contributed by atoms with Crippen molar-refractivity contribution in [1.29, 1.82) is 0 Å². The van der Waals surface area contributed by atoms with E-state index in [2.05, 4.69) is 31.9 Å². The number of carboxylic acids is 2. The van der Waals surface area contributed by atoms with E-state index >= 15 is 0 Å². The highest BCUT2D eigenvalue weighted by Crippen LogP contribution is 2.31. The van der Waals surface area contributed by atoms with Gasteiger partial charge >= 0.3 is 11.9 Å². The van der Waals surface area contributed by atoms with Gasteiger partial charge in [-0.1, -0.05) is 38.1 Å². The normalized spacial score (nSPS) is 14.6. The molecule has 49 heavy (non-hydrogen) atoms. The van der Waals surface area contributed by atoms with Gasteiger partial charge in [-0.05, 0) is 98.4 Å². The predicted octanol–water partition coefficient (Wildman–Crippen LogP) is 6.29. The summed E-state index contributed by atoms with van der Waals surface area (Å²) in [7, 11) is 0. The Labute approximate surface area is 284 Å². The number of H-pyrrole nitrogens is 2. The van der Waals surface area contributed by atoms with Gasteiger partial charge in [-0.2, -0.15) is 0 Å². The van der Waals surface area contributed by atoms with E-state index in [-0.39, 0.29) is 5.56 Å². The number of nitrogens with one attached hydrogen (secondary N) is 2. The van der Waals surface area contributed by atoms with Crippen LogP contribution in [0.25, 0.3) is 22.5 Å². The predicted molar refractivity (Wildman–Crippen MR) is 191 cm³/mol. The van der Waals surface area contributed by atoms with Gasteiger partial charge in [-0.3, -0.25) is 9.59 Å². The third kappa shape index (κ3) is 7.88. The molecule has 0 radical (unpaired) electrons. The van der Waals surface area contributed by atoms with Gasteiger partial charge in [-0.25, -0.2) is 9.59 Å². The van der Waals surface area contributed by atoms with E-state index in [4.69, 9.17) is 10.2 Å². The molecule has 258 valence electrons. The van der Waals surface area contributed by atoms with Crippen LogP contribution in [-0.2, 0) is 12.8 Å². The lowest BCUT2D eigenvalue weighted by Gasteiger charge is -2.29. The van der Waals surface area contributed by atoms with Crippen molar-refractivity contribution < 1.29 is 24.9 Å². The van der Waals surface area contributed by atoms with Crippen molar-refractivity contribution in [1.82, 2.24) is 9.97 Å². The summed E-state index contributed by atoms with van der Waals surface area (Å²) >= 11 is 0. The number of pyridine rings is 2. The van der Waals surface area contributed by atoms with Crippen LogP contribution in [0.5, 0.6) is 5.75 Å². The molecule has 0 atom stereocenters. The molecule has 2 aliphatic heterocycles. The highest BCUT2D eigenvalue weighted by molar-refractivity contribution is 5.92. The van der Waals surface area contributed by atoms with E-state index in [1.54, 1.807) is 0 Å². The van der Waals surface area contributed by atoms with Crippen LogP contribution in [-0.4, -0.2) is 63.4 Å². The minimum atomic E-state index is -1.43. The van der Waals surface area contributed by atoms with Crippen molar-refractivity contribution >= 4 is 23.3 Å². The molecule has 11 heteroatoms. The minimum absolute atomic E-state index is 0.208. The van der Waals surface area contributed by atoms with Crippen LogP contribution < -0.4 is 20.9 Å². The zero-order chi connectivity index (χ0) is 35.1. The zero-order valence-electron chi connectivity index (χ0n) is 28.1. The Kier molecular flexibility index (Phi) is 11.2. The summed E-state index contributed by atoms with van der Waals surface area (Å²) in [6, 6.07) is 17.4. The van der Waals surface area contributed by atoms with Gasteiger partial charge in [0.15, 0.2) is 5.56 Å². The van der Waals surface area contributed by atoms with E-state index in [0.717, 1.165) is 48.6 Å². The molecule has 0 spiro atoms. The molecule has 6 rings (SSSR count). The molecule has 4 aromatic rings. The first-order valence-corrected chi connectivity index (χ1v) is 17.0. The Morgan fingerprint density at radius 2 is 1.12 bits per heavy atom.